The topological polar surface area (TPSA) is 134 Å². The van der Waals surface area contributed by atoms with Crippen LogP contribution in [0.2, 0.25) is 0 Å². The first-order valence-electron chi connectivity index (χ1n) is 11.6. The molecule has 1 aliphatic rings. The van der Waals surface area contributed by atoms with Crippen molar-refractivity contribution in [1.29, 1.82) is 0 Å². The third kappa shape index (κ3) is 6.12. The Morgan fingerprint density at radius 2 is 1.86 bits per heavy atom. The van der Waals surface area contributed by atoms with Crippen LogP contribution in [0.1, 0.15) is 38.2 Å². The van der Waals surface area contributed by atoms with Crippen molar-refractivity contribution in [3.05, 3.63) is 71.3 Å². The molecule has 0 aliphatic heterocycles. The van der Waals surface area contributed by atoms with Gasteiger partial charge in [-0.2, -0.15) is 4.98 Å². The summed E-state index contributed by atoms with van der Waals surface area (Å²) in [5, 5.41) is 14.1. The number of carbonyl (C=O) groups is 2. The molecule has 1 saturated carbocycles. The molecule has 35 heavy (non-hydrogen) atoms. The quantitative estimate of drug-likeness (QED) is 0.474. The van der Waals surface area contributed by atoms with Crippen molar-refractivity contribution in [1.82, 2.24) is 29.3 Å². The largest absolute Gasteiger partial charge is 0.465 e. The monoisotopic (exact) mass is 479 g/mol. The molecule has 2 aromatic heterocycles. The minimum Gasteiger partial charge on any atom is -0.465 e. The number of imidazole rings is 1. The van der Waals surface area contributed by atoms with Crippen molar-refractivity contribution >= 4 is 17.9 Å². The molecule has 3 N–H and O–H groups in total. The number of hydrogen-bond donors (Lipinski definition) is 3. The summed E-state index contributed by atoms with van der Waals surface area (Å²) < 4.78 is 2.68. The zero-order valence-corrected chi connectivity index (χ0v) is 19.5. The van der Waals surface area contributed by atoms with Crippen molar-refractivity contribution < 1.29 is 14.7 Å². The average molecular weight is 480 g/mol. The van der Waals surface area contributed by atoms with Crippen LogP contribution in [-0.2, 0) is 6.54 Å². The van der Waals surface area contributed by atoms with Crippen LogP contribution < -0.4 is 16.3 Å². The van der Waals surface area contributed by atoms with Crippen LogP contribution in [0.4, 0.5) is 15.4 Å². The van der Waals surface area contributed by atoms with E-state index >= 15 is 0 Å². The molecule has 1 aromatic carbocycles. The summed E-state index contributed by atoms with van der Waals surface area (Å²) in [5.41, 5.74) is 1.32. The Balaban J connectivity index is 1.37. The van der Waals surface area contributed by atoms with Gasteiger partial charge in [-0.25, -0.2) is 19.4 Å². The Morgan fingerprint density at radius 3 is 2.46 bits per heavy atom. The van der Waals surface area contributed by atoms with Crippen molar-refractivity contribution in [2.24, 2.45) is 0 Å². The molecule has 11 nitrogen and oxygen atoms in total. The van der Waals surface area contributed by atoms with Crippen LogP contribution in [0.25, 0.3) is 5.69 Å². The molecule has 184 valence electrons. The molecule has 0 radical (unpaired) electrons. The van der Waals surface area contributed by atoms with Crippen molar-refractivity contribution in [2.75, 3.05) is 11.9 Å². The lowest BCUT2D eigenvalue weighted by atomic mass is 9.90. The zero-order valence-electron chi connectivity index (χ0n) is 19.5. The minimum absolute atomic E-state index is 0.0410. The van der Waals surface area contributed by atoms with Crippen LogP contribution in [0, 0.1) is 0 Å². The Labute approximate surface area is 202 Å². The van der Waals surface area contributed by atoms with Gasteiger partial charge in [0.2, 0.25) is 0 Å². The highest BCUT2D eigenvalue weighted by molar-refractivity contribution is 5.89. The predicted molar refractivity (Wildman–Crippen MR) is 130 cm³/mol. The Morgan fingerprint density at radius 1 is 1.11 bits per heavy atom. The summed E-state index contributed by atoms with van der Waals surface area (Å²) in [4.78, 5) is 45.7. The fraction of sp³-hybridized carbons (Fsp3) is 0.375. The maximum absolute atomic E-state index is 12.5. The van der Waals surface area contributed by atoms with Crippen LogP contribution in [-0.4, -0.2) is 59.9 Å². The summed E-state index contributed by atoms with van der Waals surface area (Å²) >= 11 is 0. The maximum atomic E-state index is 12.5. The number of nitrogens with one attached hydrogen (secondary N) is 2. The summed E-state index contributed by atoms with van der Waals surface area (Å²) in [7, 11) is 0. The Kier molecular flexibility index (Phi) is 7.56. The minimum atomic E-state index is -0.955. The molecular formula is C24H29N7O4. The number of rotatable bonds is 7. The molecule has 0 bridgehead atoms. The first-order valence-corrected chi connectivity index (χ1v) is 11.6. The number of nitrogens with zero attached hydrogens (tertiary/aromatic N) is 5. The summed E-state index contributed by atoms with van der Waals surface area (Å²) in [6.07, 6.45) is 8.59. The van der Waals surface area contributed by atoms with E-state index in [0.717, 1.165) is 44.3 Å². The lowest BCUT2D eigenvalue weighted by Crippen LogP contribution is -2.43. The maximum Gasteiger partial charge on any atom is 0.404 e. The second kappa shape index (κ2) is 11.0. The van der Waals surface area contributed by atoms with Crippen LogP contribution in [0.15, 0.2) is 60.0 Å². The number of anilines is 1. The van der Waals surface area contributed by atoms with Crippen molar-refractivity contribution in [2.45, 2.75) is 51.2 Å². The summed E-state index contributed by atoms with van der Waals surface area (Å²) in [6, 6.07) is 9.32. The molecule has 3 aromatic rings. The zero-order chi connectivity index (χ0) is 24.8. The predicted octanol–water partition coefficient (Wildman–Crippen LogP) is 2.91. The van der Waals surface area contributed by atoms with Gasteiger partial charge in [0.05, 0.1) is 5.69 Å². The fourth-order valence-corrected chi connectivity index (χ4v) is 4.48. The van der Waals surface area contributed by atoms with Gasteiger partial charge in [-0.3, -0.25) is 19.4 Å². The highest BCUT2D eigenvalue weighted by atomic mass is 16.4. The molecule has 1 fully saturated rings. The van der Waals surface area contributed by atoms with Gasteiger partial charge in [0.1, 0.15) is 12.1 Å². The van der Waals surface area contributed by atoms with Crippen molar-refractivity contribution in [3.63, 3.8) is 0 Å². The second-order valence-corrected chi connectivity index (χ2v) is 8.55. The lowest BCUT2D eigenvalue weighted by molar-refractivity contribution is 0.138. The number of benzene rings is 1. The van der Waals surface area contributed by atoms with Crippen LogP contribution in [0.3, 0.4) is 0 Å². The van der Waals surface area contributed by atoms with Crippen molar-refractivity contribution in [3.8, 4) is 5.69 Å². The third-order valence-electron chi connectivity index (χ3n) is 6.32. The normalized spacial score (nSPS) is 17.8. The van der Waals surface area contributed by atoms with Gasteiger partial charge in [-0.05, 0) is 56.0 Å². The number of carboxylic acid groups (broad SMARTS) is 1. The molecule has 2 amide bonds. The lowest BCUT2D eigenvalue weighted by Gasteiger charge is -2.36. The molecule has 0 saturated heterocycles. The number of aromatic nitrogens is 4. The van der Waals surface area contributed by atoms with E-state index < -0.39 is 17.8 Å². The van der Waals surface area contributed by atoms with Crippen LogP contribution in [0.5, 0.6) is 0 Å². The van der Waals surface area contributed by atoms with E-state index in [2.05, 4.69) is 32.4 Å². The van der Waals surface area contributed by atoms with E-state index in [1.54, 1.807) is 12.3 Å². The standard InChI is InChI=1S/C24H29N7O4/c1-2-29(19-9-5-18(6-10-19)26-24(34)35)15-17-3-7-20(8-4-17)31-13-11-21(28-23(31)33)27-22(32)30-14-12-25-16-30/h3-4,7-8,11-14,16,18-19,26H,2,5-6,9-10,15H2,1H3,(H,34,35)(H,27,28,32,33). The van der Waals surface area contributed by atoms with E-state index in [-0.39, 0.29) is 11.9 Å². The molecular weight excluding hydrogens is 450 g/mol. The molecule has 0 unspecified atom stereocenters. The Hall–Kier alpha value is -3.99. The number of carbonyl (C=O) groups excluding carboxylic acids is 1. The molecule has 11 heteroatoms. The second-order valence-electron chi connectivity index (χ2n) is 8.55. The van der Waals surface area contributed by atoms with Gasteiger partial charge < -0.3 is 10.4 Å². The van der Waals surface area contributed by atoms with Gasteiger partial charge in [0.25, 0.3) is 0 Å². The molecule has 4 rings (SSSR count). The van der Waals surface area contributed by atoms with E-state index in [4.69, 9.17) is 5.11 Å². The summed E-state index contributed by atoms with van der Waals surface area (Å²) in [5.74, 6) is 0.161. The van der Waals surface area contributed by atoms with Gasteiger partial charge in [-0.15, -0.1) is 0 Å². The Bertz CT molecular complexity index is 1200. The SMILES string of the molecule is CCN(Cc1ccc(-n2ccc(NC(=O)n3ccnc3)nc2=O)cc1)C1CCC(NC(=O)O)CC1. The van der Waals surface area contributed by atoms with E-state index in [0.29, 0.717) is 11.7 Å². The summed E-state index contributed by atoms with van der Waals surface area (Å²) in [6.45, 7) is 3.82. The van der Waals surface area contributed by atoms with Gasteiger partial charge in [0, 0.05) is 37.2 Å². The number of hydrogen-bond acceptors (Lipinski definition) is 6. The van der Waals surface area contributed by atoms with Crippen LogP contribution >= 0.6 is 0 Å². The molecule has 0 atom stereocenters. The fourth-order valence-electron chi connectivity index (χ4n) is 4.48. The van der Waals surface area contributed by atoms with Gasteiger partial charge in [0.15, 0.2) is 0 Å². The number of amides is 2. The molecule has 0 spiro atoms. The first kappa shape index (κ1) is 24.1. The smallest absolute Gasteiger partial charge is 0.404 e. The third-order valence-corrected chi connectivity index (χ3v) is 6.32. The van der Waals surface area contributed by atoms with E-state index in [1.165, 1.54) is 27.9 Å². The van der Waals surface area contributed by atoms with Gasteiger partial charge >= 0.3 is 17.8 Å². The van der Waals surface area contributed by atoms with Gasteiger partial charge in [-0.1, -0.05) is 19.1 Å². The highest BCUT2D eigenvalue weighted by Gasteiger charge is 2.26. The first-order chi connectivity index (χ1) is 16.9. The molecule has 1 aliphatic carbocycles. The average Bonchev–Trinajstić information content (AvgIpc) is 3.39. The van der Waals surface area contributed by atoms with E-state index in [1.807, 2.05) is 24.3 Å². The van der Waals surface area contributed by atoms with E-state index in [9.17, 15) is 14.4 Å². The highest BCUT2D eigenvalue weighted by Crippen LogP contribution is 2.25. The molecule has 2 heterocycles.